The van der Waals surface area contributed by atoms with E-state index in [1.807, 2.05) is 0 Å². The Balaban J connectivity index is 3.33. The summed E-state index contributed by atoms with van der Waals surface area (Å²) in [5.74, 6) is 0. The van der Waals surface area contributed by atoms with E-state index in [-0.39, 0.29) is 11.4 Å². The molecule has 0 heterocycles. The fraction of sp³-hybridized carbons (Fsp3) is 0.200. The molecule has 6 nitrogen and oxygen atoms in total. The van der Waals surface area contributed by atoms with Gasteiger partial charge in [0.15, 0.2) is 4.90 Å². The molecule has 0 aliphatic rings. The highest BCUT2D eigenvalue weighted by Crippen LogP contribution is 2.25. The van der Waals surface area contributed by atoms with Gasteiger partial charge in [-0.25, -0.2) is 8.42 Å². The molecule has 0 aromatic heterocycles. The Morgan fingerprint density at radius 1 is 1.47 bits per heavy atom. The maximum Gasteiger partial charge on any atom is 0.289 e. The van der Waals surface area contributed by atoms with Crippen LogP contribution in [0.2, 0.25) is 0 Å². The summed E-state index contributed by atoms with van der Waals surface area (Å²) in [6.07, 6.45) is 1.41. The van der Waals surface area contributed by atoms with Gasteiger partial charge in [-0.05, 0) is 6.07 Å². The summed E-state index contributed by atoms with van der Waals surface area (Å²) in [4.78, 5) is 9.73. The third-order valence-electron chi connectivity index (χ3n) is 2.14. The first-order chi connectivity index (χ1) is 7.91. The predicted octanol–water partition coefficient (Wildman–Crippen LogP) is 1.40. The number of nitrogens with zero attached hydrogens (tertiary/aromatic N) is 2. The summed E-state index contributed by atoms with van der Waals surface area (Å²) in [5.41, 5.74) is -0.427. The molecule has 0 saturated heterocycles. The number of rotatable bonds is 5. The number of likely N-dealkylation sites (N-methyl/N-ethyl adjacent to an activating group) is 1. The average molecular weight is 256 g/mol. The van der Waals surface area contributed by atoms with Gasteiger partial charge in [0.2, 0.25) is 10.0 Å². The topological polar surface area (TPSA) is 80.5 Å². The van der Waals surface area contributed by atoms with Crippen molar-refractivity contribution in [2.45, 2.75) is 4.90 Å². The number of para-hydroxylation sites is 1. The van der Waals surface area contributed by atoms with Crippen LogP contribution in [0.3, 0.4) is 0 Å². The van der Waals surface area contributed by atoms with Crippen molar-refractivity contribution in [1.29, 1.82) is 0 Å². The van der Waals surface area contributed by atoms with Gasteiger partial charge in [-0.3, -0.25) is 10.1 Å². The molecule has 0 N–H and O–H groups in total. The second kappa shape index (κ2) is 5.07. The third-order valence-corrected chi connectivity index (χ3v) is 4.01. The van der Waals surface area contributed by atoms with Crippen LogP contribution < -0.4 is 0 Å². The second-order valence-corrected chi connectivity index (χ2v) is 5.31. The minimum absolute atomic E-state index is 0.0916. The van der Waals surface area contributed by atoms with Crippen LogP contribution >= 0.6 is 0 Å². The molecule has 1 aromatic carbocycles. The Hall–Kier alpha value is -1.73. The van der Waals surface area contributed by atoms with Crippen molar-refractivity contribution >= 4 is 15.7 Å². The number of hydrogen-bond donors (Lipinski definition) is 0. The average Bonchev–Trinajstić information content (AvgIpc) is 2.29. The molecule has 0 aliphatic heterocycles. The number of nitro groups is 1. The summed E-state index contributed by atoms with van der Waals surface area (Å²) in [6.45, 7) is 3.52. The van der Waals surface area contributed by atoms with Crippen molar-refractivity contribution in [2.24, 2.45) is 0 Å². The lowest BCUT2D eigenvalue weighted by molar-refractivity contribution is -0.387. The lowest BCUT2D eigenvalue weighted by Gasteiger charge is -2.14. The standard InChI is InChI=1S/C10H12N2O4S/c1-3-8-11(2)17(15,16)10-7-5-4-6-9(10)12(13)14/h3-7H,1,8H2,2H3. The number of sulfonamides is 1. The van der Waals surface area contributed by atoms with Crippen molar-refractivity contribution in [3.8, 4) is 0 Å². The molecular weight excluding hydrogens is 244 g/mol. The van der Waals surface area contributed by atoms with E-state index in [0.717, 1.165) is 10.4 Å². The van der Waals surface area contributed by atoms with Crippen LogP contribution in [0.1, 0.15) is 0 Å². The molecule has 0 atom stereocenters. The van der Waals surface area contributed by atoms with Crippen molar-refractivity contribution in [3.05, 3.63) is 47.0 Å². The second-order valence-electron chi connectivity index (χ2n) is 3.30. The van der Waals surface area contributed by atoms with Crippen molar-refractivity contribution in [3.63, 3.8) is 0 Å². The van der Waals surface area contributed by atoms with Crippen LogP contribution in [0.5, 0.6) is 0 Å². The van der Waals surface area contributed by atoms with Crippen LogP contribution in [-0.4, -0.2) is 31.2 Å². The summed E-state index contributed by atoms with van der Waals surface area (Å²) in [5, 5.41) is 10.8. The van der Waals surface area contributed by atoms with E-state index in [1.165, 1.54) is 31.3 Å². The van der Waals surface area contributed by atoms with Crippen molar-refractivity contribution in [2.75, 3.05) is 13.6 Å². The molecular formula is C10H12N2O4S. The Kier molecular flexibility index (Phi) is 3.97. The summed E-state index contributed by atoms with van der Waals surface area (Å²) >= 11 is 0. The van der Waals surface area contributed by atoms with E-state index in [2.05, 4.69) is 6.58 Å². The van der Waals surface area contributed by atoms with Gasteiger partial charge in [-0.15, -0.1) is 6.58 Å². The van der Waals surface area contributed by atoms with Crippen molar-refractivity contribution in [1.82, 2.24) is 4.31 Å². The molecule has 0 fully saturated rings. The Labute approximate surface area is 99.4 Å². The van der Waals surface area contributed by atoms with E-state index in [4.69, 9.17) is 0 Å². The van der Waals surface area contributed by atoms with Gasteiger partial charge >= 0.3 is 0 Å². The Bertz CT molecular complexity index is 539. The maximum atomic E-state index is 12.0. The van der Waals surface area contributed by atoms with Gasteiger partial charge in [-0.2, -0.15) is 4.31 Å². The molecule has 1 rings (SSSR count). The highest BCUT2D eigenvalue weighted by atomic mass is 32.2. The van der Waals surface area contributed by atoms with Gasteiger partial charge in [-0.1, -0.05) is 18.2 Å². The SMILES string of the molecule is C=CCN(C)S(=O)(=O)c1ccccc1[N+](=O)[O-]. The molecule has 0 amide bonds. The normalized spacial score (nSPS) is 11.4. The van der Waals surface area contributed by atoms with Crippen molar-refractivity contribution < 1.29 is 13.3 Å². The summed E-state index contributed by atoms with van der Waals surface area (Å²) in [6, 6.07) is 5.24. The summed E-state index contributed by atoms with van der Waals surface area (Å²) in [7, 11) is -2.52. The zero-order chi connectivity index (χ0) is 13.1. The van der Waals surface area contributed by atoms with Crippen LogP contribution in [0.25, 0.3) is 0 Å². The van der Waals surface area contributed by atoms with Crippen LogP contribution in [0.4, 0.5) is 5.69 Å². The monoisotopic (exact) mass is 256 g/mol. The molecule has 0 radical (unpaired) electrons. The predicted molar refractivity (Wildman–Crippen MR) is 63.1 cm³/mol. The maximum absolute atomic E-state index is 12.0. The Morgan fingerprint density at radius 3 is 2.59 bits per heavy atom. The van der Waals surface area contributed by atoms with E-state index >= 15 is 0 Å². The fourth-order valence-corrected chi connectivity index (χ4v) is 2.57. The largest absolute Gasteiger partial charge is 0.289 e. The number of hydrogen-bond acceptors (Lipinski definition) is 4. The van der Waals surface area contributed by atoms with E-state index in [1.54, 1.807) is 0 Å². The molecule has 0 bridgehead atoms. The number of nitro benzene ring substituents is 1. The minimum atomic E-state index is -3.86. The van der Waals surface area contributed by atoms with Crippen LogP contribution in [0, 0.1) is 10.1 Å². The lowest BCUT2D eigenvalue weighted by atomic mass is 10.3. The van der Waals surface area contributed by atoms with Crippen LogP contribution in [0.15, 0.2) is 41.8 Å². The molecule has 1 aromatic rings. The van der Waals surface area contributed by atoms with Gasteiger partial charge in [0.1, 0.15) is 0 Å². The van der Waals surface area contributed by atoms with E-state index in [9.17, 15) is 18.5 Å². The highest BCUT2D eigenvalue weighted by molar-refractivity contribution is 7.89. The molecule has 0 aliphatic carbocycles. The minimum Gasteiger partial charge on any atom is -0.258 e. The fourth-order valence-electron chi connectivity index (χ4n) is 1.27. The van der Waals surface area contributed by atoms with Gasteiger partial charge in [0.25, 0.3) is 5.69 Å². The highest BCUT2D eigenvalue weighted by Gasteiger charge is 2.28. The molecule has 92 valence electrons. The van der Waals surface area contributed by atoms with Gasteiger partial charge < -0.3 is 0 Å². The smallest absolute Gasteiger partial charge is 0.258 e. The van der Waals surface area contributed by atoms with Gasteiger partial charge in [0, 0.05) is 19.7 Å². The molecule has 0 saturated carbocycles. The van der Waals surface area contributed by atoms with E-state index < -0.39 is 20.6 Å². The zero-order valence-electron chi connectivity index (χ0n) is 9.24. The lowest BCUT2D eigenvalue weighted by Crippen LogP contribution is -2.27. The first-order valence-electron chi connectivity index (χ1n) is 4.72. The van der Waals surface area contributed by atoms with Crippen LogP contribution in [-0.2, 0) is 10.0 Å². The Morgan fingerprint density at radius 2 is 2.06 bits per heavy atom. The molecule has 0 unspecified atom stereocenters. The molecule has 7 heteroatoms. The first kappa shape index (κ1) is 13.3. The third kappa shape index (κ3) is 2.69. The van der Waals surface area contributed by atoms with Gasteiger partial charge in [0.05, 0.1) is 4.92 Å². The van der Waals surface area contributed by atoms with E-state index in [0.29, 0.717) is 0 Å². The number of benzene rings is 1. The molecule has 0 spiro atoms. The quantitative estimate of drug-likeness (QED) is 0.453. The first-order valence-corrected chi connectivity index (χ1v) is 6.16. The zero-order valence-corrected chi connectivity index (χ0v) is 10.1. The summed E-state index contributed by atoms with van der Waals surface area (Å²) < 4.78 is 25.0. The molecule has 17 heavy (non-hydrogen) atoms.